The second-order valence-corrected chi connectivity index (χ2v) is 3.53. The Balaban J connectivity index is 2.78. The summed E-state index contributed by atoms with van der Waals surface area (Å²) in [5.41, 5.74) is 3.46. The molecule has 0 radical (unpaired) electrons. The predicted octanol–water partition coefficient (Wildman–Crippen LogP) is -0.367. The zero-order valence-corrected chi connectivity index (χ0v) is 9.54. The molecule has 18 heavy (non-hydrogen) atoms. The zero-order valence-electron chi connectivity index (χ0n) is 9.54. The third-order valence-electron chi connectivity index (χ3n) is 2.26. The van der Waals surface area contributed by atoms with Crippen LogP contribution in [0.25, 0.3) is 11.2 Å². The molecule has 3 N–H and O–H groups in total. The number of aromatic hydroxyl groups is 1. The van der Waals surface area contributed by atoms with Gasteiger partial charge in [-0.2, -0.15) is 4.98 Å². The van der Waals surface area contributed by atoms with Gasteiger partial charge < -0.3 is 20.1 Å². The predicted molar refractivity (Wildman–Crippen MR) is 60.2 cm³/mol. The van der Waals surface area contributed by atoms with Crippen LogP contribution in [0.3, 0.4) is 0 Å². The maximum absolute atomic E-state index is 11.9. The van der Waals surface area contributed by atoms with Gasteiger partial charge >= 0.3 is 5.56 Å². The summed E-state index contributed by atoms with van der Waals surface area (Å²) in [6.45, 7) is 2.09. The van der Waals surface area contributed by atoms with Crippen molar-refractivity contribution in [1.82, 2.24) is 9.71 Å². The molecule has 8 heteroatoms. The minimum Gasteiger partial charge on any atom is -0.503 e. The first kappa shape index (κ1) is 12.0. The van der Waals surface area contributed by atoms with Crippen molar-refractivity contribution in [2.24, 2.45) is 5.73 Å². The Bertz CT molecular complexity index is 657. The van der Waals surface area contributed by atoms with Gasteiger partial charge in [0.25, 0.3) is 5.91 Å². The highest BCUT2D eigenvalue weighted by molar-refractivity contribution is 5.99. The number of hydrogen-bond acceptors (Lipinski definition) is 6. The van der Waals surface area contributed by atoms with Crippen molar-refractivity contribution in [2.45, 2.75) is 13.3 Å². The summed E-state index contributed by atoms with van der Waals surface area (Å²) in [5, 5.41) is 9.74. The summed E-state index contributed by atoms with van der Waals surface area (Å²) in [6, 6.07) is 0. The van der Waals surface area contributed by atoms with E-state index in [9.17, 15) is 14.7 Å². The average Bonchev–Trinajstić information content (AvgIpc) is 2.77. The fraction of sp³-hybridized carbons (Fsp3) is 0.300. The maximum Gasteiger partial charge on any atom is 0.301 e. The van der Waals surface area contributed by atoms with Crippen LogP contribution in [0.1, 0.15) is 23.7 Å². The number of aromatic nitrogens is 2. The van der Waals surface area contributed by atoms with Crippen LogP contribution in [0.5, 0.6) is 5.75 Å². The second-order valence-electron chi connectivity index (χ2n) is 3.53. The van der Waals surface area contributed by atoms with E-state index < -0.39 is 22.8 Å². The first-order valence-electron chi connectivity index (χ1n) is 5.22. The minimum atomic E-state index is -1.07. The lowest BCUT2D eigenvalue weighted by Gasteiger charge is -2.09. The number of nitrogens with zero attached hydrogens (tertiary/aromatic N) is 2. The number of nitrogens with two attached hydrogens (primary N) is 1. The molecule has 0 saturated carbocycles. The molecular weight excluding hydrogens is 242 g/mol. The van der Waals surface area contributed by atoms with Crippen molar-refractivity contribution < 1.29 is 19.2 Å². The van der Waals surface area contributed by atoms with E-state index in [2.05, 4.69) is 4.98 Å². The second kappa shape index (κ2) is 4.40. The zero-order chi connectivity index (χ0) is 13.3. The highest BCUT2D eigenvalue weighted by Gasteiger charge is 2.24. The molecule has 1 amide bonds. The molecule has 0 aromatic carbocycles. The minimum absolute atomic E-state index is 0.00375. The molecule has 0 fully saturated rings. The van der Waals surface area contributed by atoms with Crippen LogP contribution in [0, 0.1) is 0 Å². The smallest absolute Gasteiger partial charge is 0.301 e. The Kier molecular flexibility index (Phi) is 2.92. The summed E-state index contributed by atoms with van der Waals surface area (Å²) < 4.78 is 5.70. The number of amides is 1. The van der Waals surface area contributed by atoms with E-state index in [1.165, 1.54) is 0 Å². The SMILES string of the molecule is CCCOn1c(=O)c(C(N)=O)c(O)c2ocnc21. The van der Waals surface area contributed by atoms with Gasteiger partial charge in [-0.15, -0.1) is 4.73 Å². The van der Waals surface area contributed by atoms with Crippen LogP contribution in [0.15, 0.2) is 15.6 Å². The monoisotopic (exact) mass is 253 g/mol. The van der Waals surface area contributed by atoms with Crippen LogP contribution in [0.4, 0.5) is 0 Å². The van der Waals surface area contributed by atoms with Crippen LogP contribution in [0.2, 0.25) is 0 Å². The lowest BCUT2D eigenvalue weighted by molar-refractivity contribution is 0.0964. The number of fused-ring (bicyclic) bond motifs is 1. The molecule has 8 nitrogen and oxygen atoms in total. The summed E-state index contributed by atoms with van der Waals surface area (Å²) >= 11 is 0. The first-order chi connectivity index (χ1) is 8.57. The van der Waals surface area contributed by atoms with Crippen molar-refractivity contribution in [2.75, 3.05) is 6.61 Å². The molecule has 0 atom stereocenters. The van der Waals surface area contributed by atoms with Crippen LogP contribution < -0.4 is 16.1 Å². The van der Waals surface area contributed by atoms with E-state index in [0.717, 1.165) is 11.1 Å². The highest BCUT2D eigenvalue weighted by atomic mass is 16.7. The number of primary amides is 1. The highest BCUT2D eigenvalue weighted by Crippen LogP contribution is 2.24. The Morgan fingerprint density at radius 2 is 2.39 bits per heavy atom. The molecule has 0 aliphatic heterocycles. The number of carbonyl (C=O) groups is 1. The summed E-state index contributed by atoms with van der Waals surface area (Å²) in [7, 11) is 0. The van der Waals surface area contributed by atoms with Crippen molar-refractivity contribution in [3.63, 3.8) is 0 Å². The average molecular weight is 253 g/mol. The van der Waals surface area contributed by atoms with E-state index >= 15 is 0 Å². The lowest BCUT2D eigenvalue weighted by atomic mass is 10.2. The van der Waals surface area contributed by atoms with E-state index in [4.69, 9.17) is 15.0 Å². The van der Waals surface area contributed by atoms with E-state index in [0.29, 0.717) is 6.42 Å². The molecule has 2 rings (SSSR count). The van der Waals surface area contributed by atoms with Gasteiger partial charge in [0.05, 0.1) is 0 Å². The van der Waals surface area contributed by atoms with Crippen LogP contribution in [-0.2, 0) is 0 Å². The number of rotatable bonds is 4. The Hall–Kier alpha value is -2.51. The van der Waals surface area contributed by atoms with Gasteiger partial charge in [0.1, 0.15) is 6.61 Å². The van der Waals surface area contributed by atoms with Crippen LogP contribution in [-0.4, -0.2) is 27.3 Å². The number of carbonyl (C=O) groups excluding carboxylic acids is 1. The van der Waals surface area contributed by atoms with Gasteiger partial charge in [0, 0.05) is 0 Å². The van der Waals surface area contributed by atoms with Gasteiger partial charge in [-0.1, -0.05) is 6.92 Å². The quantitative estimate of drug-likeness (QED) is 0.767. The standard InChI is InChI=1S/C10H11N3O5/c1-2-3-18-13-9-7(17-4-12-9)6(14)5(8(11)15)10(13)16/h4,14H,2-3H2,1H3,(H2,11,15). The molecule has 0 saturated heterocycles. The largest absolute Gasteiger partial charge is 0.503 e. The third-order valence-corrected chi connectivity index (χ3v) is 2.26. The van der Waals surface area contributed by atoms with E-state index in [-0.39, 0.29) is 17.8 Å². The molecule has 2 heterocycles. The number of oxazole rings is 1. The molecule has 96 valence electrons. The topological polar surface area (TPSA) is 121 Å². The number of hydrogen-bond donors (Lipinski definition) is 2. The Morgan fingerprint density at radius 1 is 1.67 bits per heavy atom. The van der Waals surface area contributed by atoms with E-state index in [1.807, 2.05) is 6.92 Å². The van der Waals surface area contributed by atoms with Gasteiger partial charge in [-0.3, -0.25) is 9.59 Å². The molecule has 0 aliphatic rings. The summed E-state index contributed by atoms with van der Waals surface area (Å²) in [5.74, 6) is -1.69. The fourth-order valence-electron chi connectivity index (χ4n) is 1.48. The number of pyridine rings is 1. The first-order valence-corrected chi connectivity index (χ1v) is 5.22. The fourth-order valence-corrected chi connectivity index (χ4v) is 1.48. The molecule has 0 bridgehead atoms. The van der Waals surface area contributed by atoms with Gasteiger partial charge in [0.15, 0.2) is 17.7 Å². The van der Waals surface area contributed by atoms with Gasteiger partial charge in [0.2, 0.25) is 11.2 Å². The Morgan fingerprint density at radius 3 is 3.00 bits per heavy atom. The van der Waals surface area contributed by atoms with Crippen LogP contribution >= 0.6 is 0 Å². The van der Waals surface area contributed by atoms with Crippen molar-refractivity contribution in [1.29, 1.82) is 0 Å². The molecule has 0 aliphatic carbocycles. The molecular formula is C10H11N3O5. The molecule has 0 spiro atoms. The third kappa shape index (κ3) is 1.67. The molecule has 2 aromatic heterocycles. The summed E-state index contributed by atoms with van der Waals surface area (Å²) in [6.07, 6.45) is 1.68. The van der Waals surface area contributed by atoms with E-state index in [1.54, 1.807) is 0 Å². The normalized spacial score (nSPS) is 10.7. The molecule has 2 aromatic rings. The van der Waals surface area contributed by atoms with Crippen molar-refractivity contribution in [3.8, 4) is 5.75 Å². The van der Waals surface area contributed by atoms with Crippen molar-refractivity contribution in [3.05, 3.63) is 22.3 Å². The Labute approximate surface area is 101 Å². The maximum atomic E-state index is 11.9. The van der Waals surface area contributed by atoms with Crippen molar-refractivity contribution >= 4 is 17.1 Å². The molecule has 0 unspecified atom stereocenters. The van der Waals surface area contributed by atoms with Gasteiger partial charge in [-0.25, -0.2) is 0 Å². The summed E-state index contributed by atoms with van der Waals surface area (Å²) in [4.78, 5) is 32.0. The lowest BCUT2D eigenvalue weighted by Crippen LogP contribution is -2.34. The van der Waals surface area contributed by atoms with Gasteiger partial charge in [-0.05, 0) is 6.42 Å².